The molecule has 1 N–H and O–H groups in total. The van der Waals surface area contributed by atoms with Crippen molar-refractivity contribution in [2.75, 3.05) is 5.32 Å². The van der Waals surface area contributed by atoms with Crippen molar-refractivity contribution in [3.63, 3.8) is 0 Å². The second kappa shape index (κ2) is 4.97. The molecule has 5 nitrogen and oxygen atoms in total. The van der Waals surface area contributed by atoms with Crippen LogP contribution in [0.25, 0.3) is 5.82 Å². The molecule has 0 saturated carbocycles. The van der Waals surface area contributed by atoms with E-state index in [4.69, 9.17) is 0 Å². The van der Waals surface area contributed by atoms with E-state index in [0.29, 0.717) is 0 Å². The van der Waals surface area contributed by atoms with Crippen LogP contribution in [0.3, 0.4) is 0 Å². The molecule has 0 aliphatic carbocycles. The molecule has 3 aromatic rings. The molecular formula is C12H11N5S. The Bertz CT molecular complexity index is 602. The zero-order valence-corrected chi connectivity index (χ0v) is 10.3. The van der Waals surface area contributed by atoms with Crippen LogP contribution in [0.15, 0.2) is 48.4 Å². The van der Waals surface area contributed by atoms with Crippen LogP contribution in [-0.4, -0.2) is 19.7 Å². The van der Waals surface area contributed by atoms with Crippen LogP contribution in [0.4, 0.5) is 5.13 Å². The SMILES string of the molecule is c1ccc(CNc2nc(-n3cncn3)cs2)cc1. The fraction of sp³-hybridized carbons (Fsp3) is 0.0833. The number of nitrogens with one attached hydrogen (secondary N) is 1. The van der Waals surface area contributed by atoms with Crippen LogP contribution < -0.4 is 5.32 Å². The van der Waals surface area contributed by atoms with Gasteiger partial charge in [0.1, 0.15) is 12.7 Å². The third-order valence-corrected chi connectivity index (χ3v) is 3.22. The number of benzene rings is 1. The number of aromatic nitrogens is 4. The maximum Gasteiger partial charge on any atom is 0.185 e. The summed E-state index contributed by atoms with van der Waals surface area (Å²) in [6.45, 7) is 0.769. The number of thiazole rings is 1. The third-order valence-electron chi connectivity index (χ3n) is 2.43. The standard InChI is InChI=1S/C12H11N5S/c1-2-4-10(5-3-1)6-14-12-16-11(7-18-12)17-9-13-8-15-17/h1-5,7-9H,6H2,(H,14,16). The second-order valence-electron chi connectivity index (χ2n) is 3.69. The van der Waals surface area contributed by atoms with Gasteiger partial charge in [-0.1, -0.05) is 30.3 Å². The van der Waals surface area contributed by atoms with Gasteiger partial charge in [-0.2, -0.15) is 5.10 Å². The molecule has 18 heavy (non-hydrogen) atoms. The van der Waals surface area contributed by atoms with Crippen LogP contribution in [0, 0.1) is 0 Å². The normalized spacial score (nSPS) is 10.4. The molecule has 0 saturated heterocycles. The van der Waals surface area contributed by atoms with Crippen molar-refractivity contribution in [1.82, 2.24) is 19.7 Å². The van der Waals surface area contributed by atoms with Crippen LogP contribution in [0.2, 0.25) is 0 Å². The summed E-state index contributed by atoms with van der Waals surface area (Å²) in [5.74, 6) is 0.785. The highest BCUT2D eigenvalue weighted by molar-refractivity contribution is 7.13. The summed E-state index contributed by atoms with van der Waals surface area (Å²) in [7, 11) is 0. The lowest BCUT2D eigenvalue weighted by Crippen LogP contribution is -2.00. The summed E-state index contributed by atoms with van der Waals surface area (Å²) in [6, 6.07) is 10.2. The van der Waals surface area contributed by atoms with Gasteiger partial charge in [-0.3, -0.25) is 0 Å². The van der Waals surface area contributed by atoms with Crippen molar-refractivity contribution in [2.45, 2.75) is 6.54 Å². The molecule has 6 heteroatoms. The van der Waals surface area contributed by atoms with Gasteiger partial charge in [-0.25, -0.2) is 14.6 Å². The first-order valence-corrected chi connectivity index (χ1v) is 6.38. The largest absolute Gasteiger partial charge is 0.357 e. The Kier molecular flexibility index (Phi) is 3.01. The Morgan fingerprint density at radius 1 is 1.22 bits per heavy atom. The Morgan fingerprint density at radius 2 is 2.11 bits per heavy atom. The van der Waals surface area contributed by atoms with Gasteiger partial charge in [0.25, 0.3) is 0 Å². The highest BCUT2D eigenvalue weighted by Gasteiger charge is 2.03. The van der Waals surface area contributed by atoms with Crippen molar-refractivity contribution < 1.29 is 0 Å². The van der Waals surface area contributed by atoms with Gasteiger partial charge in [-0.05, 0) is 5.56 Å². The van der Waals surface area contributed by atoms with E-state index in [9.17, 15) is 0 Å². The number of anilines is 1. The monoisotopic (exact) mass is 257 g/mol. The molecule has 3 rings (SSSR count). The molecule has 0 aliphatic rings. The van der Waals surface area contributed by atoms with Crippen LogP contribution in [0.1, 0.15) is 5.56 Å². The fourth-order valence-corrected chi connectivity index (χ4v) is 2.23. The summed E-state index contributed by atoms with van der Waals surface area (Å²) < 4.78 is 1.64. The van der Waals surface area contributed by atoms with Crippen molar-refractivity contribution in [3.05, 3.63) is 53.9 Å². The predicted octanol–water partition coefficient (Wildman–Crippen LogP) is 2.34. The molecule has 1 aromatic carbocycles. The van der Waals surface area contributed by atoms with E-state index in [1.165, 1.54) is 11.9 Å². The molecule has 0 spiro atoms. The molecular weight excluding hydrogens is 246 g/mol. The van der Waals surface area contributed by atoms with Gasteiger partial charge < -0.3 is 5.32 Å². The van der Waals surface area contributed by atoms with Gasteiger partial charge in [0.05, 0.1) is 0 Å². The molecule has 0 radical (unpaired) electrons. The molecule has 2 aromatic heterocycles. The van der Waals surface area contributed by atoms with Crippen molar-refractivity contribution in [1.29, 1.82) is 0 Å². The van der Waals surface area contributed by atoms with E-state index in [1.54, 1.807) is 22.3 Å². The van der Waals surface area contributed by atoms with Crippen molar-refractivity contribution in [2.24, 2.45) is 0 Å². The van der Waals surface area contributed by atoms with Crippen LogP contribution in [0.5, 0.6) is 0 Å². The first-order valence-electron chi connectivity index (χ1n) is 5.50. The van der Waals surface area contributed by atoms with Crippen molar-refractivity contribution in [3.8, 4) is 5.82 Å². The maximum atomic E-state index is 4.44. The van der Waals surface area contributed by atoms with Crippen molar-refractivity contribution >= 4 is 16.5 Å². The van der Waals surface area contributed by atoms with Gasteiger partial charge in [0.15, 0.2) is 10.9 Å². The number of hydrogen-bond acceptors (Lipinski definition) is 5. The fourth-order valence-electron chi connectivity index (χ4n) is 1.55. The molecule has 0 amide bonds. The first-order chi connectivity index (χ1) is 8.92. The first kappa shape index (κ1) is 10.9. The summed E-state index contributed by atoms with van der Waals surface area (Å²) in [6.07, 6.45) is 3.13. The van der Waals surface area contributed by atoms with E-state index >= 15 is 0 Å². The molecule has 0 unspecified atom stereocenters. The highest BCUT2D eigenvalue weighted by atomic mass is 32.1. The van der Waals surface area contributed by atoms with Gasteiger partial charge in [0.2, 0.25) is 0 Å². The third kappa shape index (κ3) is 2.38. The molecule has 2 heterocycles. The zero-order valence-electron chi connectivity index (χ0n) is 9.52. The van der Waals surface area contributed by atoms with E-state index in [-0.39, 0.29) is 0 Å². The topological polar surface area (TPSA) is 55.6 Å². The molecule has 90 valence electrons. The van der Waals surface area contributed by atoms with E-state index in [0.717, 1.165) is 17.5 Å². The minimum Gasteiger partial charge on any atom is -0.357 e. The van der Waals surface area contributed by atoms with Gasteiger partial charge in [-0.15, -0.1) is 11.3 Å². The quantitative estimate of drug-likeness (QED) is 0.779. The second-order valence-corrected chi connectivity index (χ2v) is 4.55. The lowest BCUT2D eigenvalue weighted by Gasteiger charge is -2.01. The molecule has 0 bridgehead atoms. The Hall–Kier alpha value is -2.21. The lowest BCUT2D eigenvalue weighted by molar-refractivity contribution is 0.853. The summed E-state index contributed by atoms with van der Waals surface area (Å²) in [5, 5.41) is 10.2. The van der Waals surface area contributed by atoms with Gasteiger partial charge >= 0.3 is 0 Å². The van der Waals surface area contributed by atoms with Crippen LogP contribution in [-0.2, 0) is 6.54 Å². The van der Waals surface area contributed by atoms with E-state index < -0.39 is 0 Å². The minimum absolute atomic E-state index is 0.769. The number of hydrogen-bond donors (Lipinski definition) is 1. The van der Waals surface area contributed by atoms with E-state index in [2.05, 4.69) is 32.5 Å². The Morgan fingerprint density at radius 3 is 2.89 bits per heavy atom. The molecule has 0 atom stereocenters. The predicted molar refractivity (Wildman–Crippen MR) is 70.8 cm³/mol. The average Bonchev–Trinajstić information content (AvgIpc) is 3.08. The smallest absolute Gasteiger partial charge is 0.185 e. The summed E-state index contributed by atoms with van der Waals surface area (Å²) in [4.78, 5) is 8.33. The molecule has 0 aliphatic heterocycles. The number of rotatable bonds is 4. The van der Waals surface area contributed by atoms with E-state index in [1.807, 2.05) is 23.6 Å². The lowest BCUT2D eigenvalue weighted by atomic mass is 10.2. The number of nitrogens with zero attached hydrogens (tertiary/aromatic N) is 4. The minimum atomic E-state index is 0.769. The summed E-state index contributed by atoms with van der Waals surface area (Å²) in [5.41, 5.74) is 1.23. The van der Waals surface area contributed by atoms with Gasteiger partial charge in [0, 0.05) is 11.9 Å². The molecule has 0 fully saturated rings. The average molecular weight is 257 g/mol. The Balaban J connectivity index is 1.68. The zero-order chi connectivity index (χ0) is 12.2. The van der Waals surface area contributed by atoms with Crippen LogP contribution >= 0.6 is 11.3 Å². The highest BCUT2D eigenvalue weighted by Crippen LogP contribution is 2.18. The maximum absolute atomic E-state index is 4.44. The summed E-state index contributed by atoms with van der Waals surface area (Å²) >= 11 is 1.56. The Labute approximate surface area is 108 Å².